The lowest BCUT2D eigenvalue weighted by molar-refractivity contribution is 0.314. The molecule has 2 heterocycles. The fraction of sp³-hybridized carbons (Fsp3) is 0.278. The lowest BCUT2D eigenvalue weighted by Gasteiger charge is -2.22. The van der Waals surface area contributed by atoms with Crippen molar-refractivity contribution in [3.8, 4) is 23.0 Å². The van der Waals surface area contributed by atoms with Gasteiger partial charge in [0.25, 0.3) is 0 Å². The van der Waals surface area contributed by atoms with Crippen molar-refractivity contribution in [1.82, 2.24) is 0 Å². The Kier molecular flexibility index (Phi) is 3.33. The van der Waals surface area contributed by atoms with Crippen LogP contribution in [0.3, 0.4) is 0 Å². The zero-order valence-corrected chi connectivity index (χ0v) is 13.0. The molecule has 0 saturated heterocycles. The summed E-state index contributed by atoms with van der Waals surface area (Å²) in [5, 5.41) is 4.85. The number of fused-ring (bicyclic) bond motifs is 3. The quantitative estimate of drug-likeness (QED) is 0.808. The van der Waals surface area contributed by atoms with E-state index in [4.69, 9.17) is 14.2 Å². The maximum absolute atomic E-state index is 6.00. The smallest absolute Gasteiger partial charge is 0.155 e. The maximum Gasteiger partial charge on any atom is 0.155 e. The van der Waals surface area contributed by atoms with E-state index in [1.54, 1.807) is 0 Å². The molecule has 0 fully saturated rings. The Morgan fingerprint density at radius 3 is 3.00 bits per heavy atom. The number of nitrogens with one attached hydrogen (secondary N) is 1. The van der Waals surface area contributed by atoms with Crippen LogP contribution in [0.25, 0.3) is 6.58 Å². The highest BCUT2D eigenvalue weighted by atomic mass is 16.5. The first-order chi connectivity index (χ1) is 11.2. The molecule has 2 aromatic carbocycles. The van der Waals surface area contributed by atoms with Gasteiger partial charge in [-0.05, 0) is 12.5 Å². The third-order valence-electron chi connectivity index (χ3n) is 3.80. The molecule has 1 N–H and O–H groups in total. The fourth-order valence-corrected chi connectivity index (χ4v) is 2.68. The van der Waals surface area contributed by atoms with Crippen LogP contribution in [0.1, 0.15) is 13.3 Å². The van der Waals surface area contributed by atoms with E-state index in [1.807, 2.05) is 24.3 Å². The van der Waals surface area contributed by atoms with E-state index < -0.39 is 0 Å². The number of nitrogens with zero attached hydrogens (tertiary/aromatic N) is 1. The molecule has 2 aromatic rings. The van der Waals surface area contributed by atoms with Crippen molar-refractivity contribution in [2.45, 2.75) is 13.3 Å². The monoisotopic (exact) mass is 310 g/mol. The summed E-state index contributed by atoms with van der Waals surface area (Å²) in [6.07, 6.45) is 0.948. The van der Waals surface area contributed by atoms with Crippen LogP contribution in [0.2, 0.25) is 0 Å². The van der Waals surface area contributed by atoms with Crippen LogP contribution in [0.4, 0.5) is 11.4 Å². The predicted molar refractivity (Wildman–Crippen MR) is 88.7 cm³/mol. The van der Waals surface area contributed by atoms with Gasteiger partial charge in [-0.15, -0.1) is 0 Å². The molecule has 2 aliphatic heterocycles. The Balaban J connectivity index is 1.80. The third-order valence-corrected chi connectivity index (χ3v) is 3.80. The van der Waals surface area contributed by atoms with Gasteiger partial charge in [0.1, 0.15) is 29.2 Å². The number of ether oxygens (including phenoxy) is 3. The van der Waals surface area contributed by atoms with Crippen molar-refractivity contribution >= 4 is 18.0 Å². The minimum Gasteiger partial charge on any atom is -0.493 e. The van der Waals surface area contributed by atoms with Crippen LogP contribution >= 0.6 is 0 Å². The Labute approximate surface area is 134 Å². The van der Waals surface area contributed by atoms with Crippen LogP contribution in [-0.2, 0) is 0 Å². The highest BCUT2D eigenvalue weighted by Gasteiger charge is 2.19. The van der Waals surface area contributed by atoms with E-state index in [0.717, 1.165) is 52.2 Å². The summed E-state index contributed by atoms with van der Waals surface area (Å²) in [5.41, 5.74) is 1.70. The second-order valence-electron chi connectivity index (χ2n) is 5.58. The number of hydrogen-bond donors (Lipinski definition) is 1. The molecule has 5 heteroatoms. The van der Waals surface area contributed by atoms with Gasteiger partial charge in [0, 0.05) is 30.0 Å². The second-order valence-corrected chi connectivity index (χ2v) is 5.58. The molecule has 118 valence electrons. The van der Waals surface area contributed by atoms with Crippen LogP contribution < -0.4 is 30.1 Å². The van der Waals surface area contributed by atoms with Crippen LogP contribution in [0.15, 0.2) is 29.3 Å². The van der Waals surface area contributed by atoms with Gasteiger partial charge in [-0.2, -0.15) is 0 Å². The summed E-state index contributed by atoms with van der Waals surface area (Å²) in [4.78, 5) is 4.69. The zero-order chi connectivity index (χ0) is 15.8. The van der Waals surface area contributed by atoms with E-state index >= 15 is 0 Å². The van der Waals surface area contributed by atoms with Gasteiger partial charge in [0.05, 0.1) is 12.3 Å². The van der Waals surface area contributed by atoms with Gasteiger partial charge >= 0.3 is 0 Å². The zero-order valence-electron chi connectivity index (χ0n) is 13.0. The van der Waals surface area contributed by atoms with Crippen molar-refractivity contribution in [1.29, 1.82) is 0 Å². The highest BCUT2D eigenvalue weighted by molar-refractivity contribution is 5.71. The molecule has 4 rings (SSSR count). The number of rotatable bonds is 3. The van der Waals surface area contributed by atoms with Gasteiger partial charge in [-0.1, -0.05) is 13.5 Å². The molecular formula is C18H18N2O3. The number of anilines is 1. The van der Waals surface area contributed by atoms with E-state index in [2.05, 4.69) is 23.8 Å². The fourth-order valence-electron chi connectivity index (χ4n) is 2.68. The van der Waals surface area contributed by atoms with Crippen LogP contribution in [0.5, 0.6) is 23.0 Å². The first kappa shape index (κ1) is 13.9. The molecule has 2 aliphatic rings. The molecule has 5 nitrogen and oxygen atoms in total. The molecular weight excluding hydrogens is 292 g/mol. The van der Waals surface area contributed by atoms with Gasteiger partial charge in [0.15, 0.2) is 11.5 Å². The van der Waals surface area contributed by atoms with Gasteiger partial charge in [-0.3, -0.25) is 0 Å². The Bertz CT molecular complexity index is 877. The molecule has 0 amide bonds. The number of hydrogen-bond acceptors (Lipinski definition) is 5. The molecule has 0 aromatic heterocycles. The summed E-state index contributed by atoms with van der Waals surface area (Å²) >= 11 is 0. The summed E-state index contributed by atoms with van der Waals surface area (Å²) in [6.45, 7) is 8.21. The predicted octanol–water partition coefficient (Wildman–Crippen LogP) is 2.75. The van der Waals surface area contributed by atoms with Crippen molar-refractivity contribution in [2.24, 2.45) is 4.99 Å². The lowest BCUT2D eigenvalue weighted by atomic mass is 10.2. The maximum atomic E-state index is 6.00. The average Bonchev–Trinajstić information content (AvgIpc) is 2.56. The van der Waals surface area contributed by atoms with Gasteiger partial charge < -0.3 is 19.5 Å². The van der Waals surface area contributed by atoms with Crippen LogP contribution in [-0.4, -0.2) is 19.8 Å². The molecule has 0 atom stereocenters. The molecule has 0 bridgehead atoms. The first-order valence-electron chi connectivity index (χ1n) is 7.81. The number of benzene rings is 2. The molecule has 0 unspecified atom stereocenters. The van der Waals surface area contributed by atoms with Crippen molar-refractivity contribution in [3.05, 3.63) is 34.8 Å². The molecule has 0 radical (unpaired) electrons. The normalized spacial score (nSPS) is 14.1. The standard InChI is InChI=1S/C18H18N2O3/c1-3-5-21-15-9-13-17(7-11(15)2)23-18-8-12-16(10-14(18)20-13)22-6-4-19-12/h7-10,19H,2-6H2,1H3. The minimum atomic E-state index is 0.656. The van der Waals surface area contributed by atoms with E-state index in [-0.39, 0.29) is 0 Å². The summed E-state index contributed by atoms with van der Waals surface area (Å²) < 4.78 is 17.4. The van der Waals surface area contributed by atoms with E-state index in [0.29, 0.717) is 19.0 Å². The van der Waals surface area contributed by atoms with Crippen molar-refractivity contribution < 1.29 is 14.2 Å². The second kappa shape index (κ2) is 5.50. The summed E-state index contributed by atoms with van der Waals surface area (Å²) in [6, 6.07) is 7.59. The summed E-state index contributed by atoms with van der Waals surface area (Å²) in [7, 11) is 0. The Morgan fingerprint density at radius 1 is 1.22 bits per heavy atom. The largest absolute Gasteiger partial charge is 0.493 e. The minimum absolute atomic E-state index is 0.656. The van der Waals surface area contributed by atoms with Crippen molar-refractivity contribution in [3.63, 3.8) is 0 Å². The molecule has 23 heavy (non-hydrogen) atoms. The van der Waals surface area contributed by atoms with E-state index in [9.17, 15) is 0 Å². The Morgan fingerprint density at radius 2 is 2.13 bits per heavy atom. The lowest BCUT2D eigenvalue weighted by Crippen LogP contribution is -2.19. The average molecular weight is 310 g/mol. The van der Waals surface area contributed by atoms with E-state index in [1.165, 1.54) is 0 Å². The third kappa shape index (κ3) is 2.48. The Hall–Kier alpha value is -2.69. The van der Waals surface area contributed by atoms with Crippen LogP contribution in [0, 0.1) is 0 Å². The highest BCUT2D eigenvalue weighted by Crippen LogP contribution is 2.42. The topological polar surface area (TPSA) is 52.1 Å². The van der Waals surface area contributed by atoms with Gasteiger partial charge in [-0.25, -0.2) is 4.99 Å². The molecule has 0 aliphatic carbocycles. The van der Waals surface area contributed by atoms with Crippen molar-refractivity contribution in [2.75, 3.05) is 25.1 Å². The molecule has 0 saturated carbocycles. The van der Waals surface area contributed by atoms with Gasteiger partial charge in [0.2, 0.25) is 0 Å². The SMILES string of the molecule is C=c1cc2c(cc1OCCC)=Nc1cc3c(cc1O2)NCCO3. The summed E-state index contributed by atoms with van der Waals surface area (Å²) in [5.74, 6) is 2.97. The first-order valence-corrected chi connectivity index (χ1v) is 7.81. The molecule has 0 spiro atoms.